The summed E-state index contributed by atoms with van der Waals surface area (Å²) in [6.45, 7) is 2.69. The van der Waals surface area contributed by atoms with E-state index in [1.54, 1.807) is 19.2 Å². The van der Waals surface area contributed by atoms with Gasteiger partial charge in [0.15, 0.2) is 5.76 Å². The highest BCUT2D eigenvalue weighted by atomic mass is 16.5. The summed E-state index contributed by atoms with van der Waals surface area (Å²) in [5, 5.41) is 0. The average molecular weight is 228 g/mol. The maximum Gasteiger partial charge on any atom is 0.300 e. The van der Waals surface area contributed by atoms with Crippen molar-refractivity contribution in [1.29, 1.82) is 0 Å². The fourth-order valence-corrected chi connectivity index (χ4v) is 1.16. The standard InChI is InChI=1S/C10H16N2O4/c1-7(5-14-2)15-6-8-3-4-9(16-8)10(13)12-11/h3-4,7H,5-6,11H2,1-2H3,(H,12,13). The van der Waals surface area contributed by atoms with Gasteiger partial charge < -0.3 is 13.9 Å². The molecule has 0 saturated carbocycles. The molecule has 6 heteroatoms. The number of carbonyl (C=O) groups is 1. The summed E-state index contributed by atoms with van der Waals surface area (Å²) >= 11 is 0. The minimum absolute atomic E-state index is 0.0260. The van der Waals surface area contributed by atoms with Gasteiger partial charge in [0, 0.05) is 7.11 Å². The molecular formula is C10H16N2O4. The van der Waals surface area contributed by atoms with Gasteiger partial charge in [0.05, 0.1) is 12.7 Å². The normalized spacial score (nSPS) is 12.4. The first-order valence-corrected chi connectivity index (χ1v) is 4.87. The zero-order valence-corrected chi connectivity index (χ0v) is 9.36. The van der Waals surface area contributed by atoms with Crippen molar-refractivity contribution in [3.8, 4) is 0 Å². The molecule has 90 valence electrons. The lowest BCUT2D eigenvalue weighted by Gasteiger charge is -2.10. The minimum atomic E-state index is -0.462. The molecule has 1 amide bonds. The van der Waals surface area contributed by atoms with Crippen molar-refractivity contribution < 1.29 is 18.7 Å². The van der Waals surface area contributed by atoms with Crippen LogP contribution in [-0.4, -0.2) is 25.7 Å². The van der Waals surface area contributed by atoms with E-state index in [1.165, 1.54) is 0 Å². The number of hydrogen-bond acceptors (Lipinski definition) is 5. The molecule has 1 aromatic heterocycles. The number of carbonyl (C=O) groups excluding carboxylic acids is 1. The van der Waals surface area contributed by atoms with E-state index in [0.717, 1.165) is 0 Å². The molecule has 0 aliphatic rings. The predicted molar refractivity (Wildman–Crippen MR) is 56.5 cm³/mol. The summed E-state index contributed by atoms with van der Waals surface area (Å²) in [5.41, 5.74) is 1.99. The van der Waals surface area contributed by atoms with E-state index in [1.807, 2.05) is 12.3 Å². The Hall–Kier alpha value is -1.37. The Bertz CT molecular complexity index is 337. The second-order valence-electron chi connectivity index (χ2n) is 3.32. The van der Waals surface area contributed by atoms with Crippen LogP contribution in [0, 0.1) is 0 Å². The van der Waals surface area contributed by atoms with Crippen molar-refractivity contribution in [2.45, 2.75) is 19.6 Å². The van der Waals surface area contributed by atoms with Gasteiger partial charge in [-0.05, 0) is 19.1 Å². The van der Waals surface area contributed by atoms with Crippen LogP contribution in [0.2, 0.25) is 0 Å². The molecule has 0 saturated heterocycles. The number of ether oxygens (including phenoxy) is 2. The molecule has 16 heavy (non-hydrogen) atoms. The molecule has 6 nitrogen and oxygen atoms in total. The lowest BCUT2D eigenvalue weighted by atomic mass is 10.4. The molecule has 1 unspecified atom stereocenters. The minimum Gasteiger partial charge on any atom is -0.453 e. The fraction of sp³-hybridized carbons (Fsp3) is 0.500. The highest BCUT2D eigenvalue weighted by molar-refractivity contribution is 5.90. The fourth-order valence-electron chi connectivity index (χ4n) is 1.16. The first kappa shape index (κ1) is 12.7. The highest BCUT2D eigenvalue weighted by Gasteiger charge is 2.10. The number of rotatable bonds is 6. The van der Waals surface area contributed by atoms with E-state index >= 15 is 0 Å². The van der Waals surface area contributed by atoms with Crippen LogP contribution in [0.4, 0.5) is 0 Å². The largest absolute Gasteiger partial charge is 0.453 e. The number of nitrogens with two attached hydrogens (primary N) is 1. The molecule has 1 aromatic rings. The van der Waals surface area contributed by atoms with Crippen LogP contribution in [0.5, 0.6) is 0 Å². The zero-order valence-electron chi connectivity index (χ0n) is 9.36. The number of hydrazine groups is 1. The lowest BCUT2D eigenvalue weighted by Crippen LogP contribution is -2.29. The van der Waals surface area contributed by atoms with E-state index in [2.05, 4.69) is 0 Å². The molecule has 1 heterocycles. The lowest BCUT2D eigenvalue weighted by molar-refractivity contribution is -0.00657. The first-order chi connectivity index (χ1) is 7.67. The Kier molecular flexibility index (Phi) is 4.97. The van der Waals surface area contributed by atoms with Gasteiger partial charge in [-0.2, -0.15) is 0 Å². The zero-order chi connectivity index (χ0) is 12.0. The van der Waals surface area contributed by atoms with Crippen LogP contribution in [-0.2, 0) is 16.1 Å². The topological polar surface area (TPSA) is 86.7 Å². The van der Waals surface area contributed by atoms with Crippen LogP contribution in [0.1, 0.15) is 23.2 Å². The van der Waals surface area contributed by atoms with Gasteiger partial charge in [0.25, 0.3) is 0 Å². The predicted octanol–water partition coefficient (Wildman–Crippen LogP) is 0.435. The Balaban J connectivity index is 2.43. The van der Waals surface area contributed by atoms with Gasteiger partial charge in [-0.15, -0.1) is 0 Å². The van der Waals surface area contributed by atoms with E-state index in [4.69, 9.17) is 19.7 Å². The summed E-state index contributed by atoms with van der Waals surface area (Å²) < 4.78 is 15.5. The van der Waals surface area contributed by atoms with Crippen LogP contribution < -0.4 is 11.3 Å². The maximum absolute atomic E-state index is 11.1. The molecule has 1 atom stereocenters. The highest BCUT2D eigenvalue weighted by Crippen LogP contribution is 2.09. The monoisotopic (exact) mass is 228 g/mol. The number of amides is 1. The number of furan rings is 1. The molecule has 0 aliphatic heterocycles. The van der Waals surface area contributed by atoms with Crippen LogP contribution in [0.3, 0.4) is 0 Å². The van der Waals surface area contributed by atoms with E-state index in [-0.39, 0.29) is 11.9 Å². The Morgan fingerprint density at radius 2 is 2.38 bits per heavy atom. The average Bonchev–Trinajstić information content (AvgIpc) is 2.74. The Labute approximate surface area is 93.7 Å². The van der Waals surface area contributed by atoms with Gasteiger partial charge in [-0.25, -0.2) is 5.84 Å². The van der Waals surface area contributed by atoms with Crippen molar-refractivity contribution in [3.05, 3.63) is 23.7 Å². The summed E-state index contributed by atoms with van der Waals surface area (Å²) in [5.74, 6) is 5.24. The molecule has 0 fully saturated rings. The van der Waals surface area contributed by atoms with E-state index in [0.29, 0.717) is 19.0 Å². The van der Waals surface area contributed by atoms with Gasteiger partial charge in [-0.3, -0.25) is 10.2 Å². The number of nitrogens with one attached hydrogen (secondary N) is 1. The van der Waals surface area contributed by atoms with E-state index in [9.17, 15) is 4.79 Å². The molecule has 1 rings (SSSR count). The smallest absolute Gasteiger partial charge is 0.300 e. The van der Waals surface area contributed by atoms with Gasteiger partial charge in [0.2, 0.25) is 0 Å². The number of methoxy groups -OCH3 is 1. The number of nitrogen functional groups attached to an aromatic ring is 1. The summed E-state index contributed by atoms with van der Waals surface area (Å²) in [6.07, 6.45) is -0.0260. The third-order valence-electron chi connectivity index (χ3n) is 1.93. The van der Waals surface area contributed by atoms with Gasteiger partial charge in [0.1, 0.15) is 12.4 Å². The van der Waals surface area contributed by atoms with Crippen molar-refractivity contribution in [1.82, 2.24) is 5.43 Å². The third kappa shape index (κ3) is 3.65. The molecule has 0 aromatic carbocycles. The van der Waals surface area contributed by atoms with Crippen molar-refractivity contribution in [2.75, 3.05) is 13.7 Å². The molecule has 0 spiro atoms. The Morgan fingerprint density at radius 3 is 3.00 bits per heavy atom. The second-order valence-corrected chi connectivity index (χ2v) is 3.32. The number of hydrogen-bond donors (Lipinski definition) is 2. The quantitative estimate of drug-likeness (QED) is 0.419. The second kappa shape index (κ2) is 6.26. The molecule has 3 N–H and O–H groups in total. The maximum atomic E-state index is 11.1. The van der Waals surface area contributed by atoms with Gasteiger partial charge >= 0.3 is 5.91 Å². The van der Waals surface area contributed by atoms with Crippen molar-refractivity contribution in [2.24, 2.45) is 5.84 Å². The summed E-state index contributed by atoms with van der Waals surface area (Å²) in [6, 6.07) is 3.21. The molecule has 0 aliphatic carbocycles. The first-order valence-electron chi connectivity index (χ1n) is 4.87. The molecule has 0 radical (unpaired) electrons. The Morgan fingerprint density at radius 1 is 1.62 bits per heavy atom. The third-order valence-corrected chi connectivity index (χ3v) is 1.93. The van der Waals surface area contributed by atoms with Crippen molar-refractivity contribution >= 4 is 5.91 Å². The van der Waals surface area contributed by atoms with Crippen molar-refractivity contribution in [3.63, 3.8) is 0 Å². The SMILES string of the molecule is COCC(C)OCc1ccc(C(=O)NN)o1. The summed E-state index contributed by atoms with van der Waals surface area (Å²) in [7, 11) is 1.61. The summed E-state index contributed by atoms with van der Waals surface area (Å²) in [4.78, 5) is 11.1. The van der Waals surface area contributed by atoms with Crippen LogP contribution in [0.15, 0.2) is 16.5 Å². The van der Waals surface area contributed by atoms with Crippen LogP contribution >= 0.6 is 0 Å². The molecular weight excluding hydrogens is 212 g/mol. The molecule has 0 bridgehead atoms. The van der Waals surface area contributed by atoms with Gasteiger partial charge in [-0.1, -0.05) is 0 Å². The van der Waals surface area contributed by atoms with Crippen LogP contribution in [0.25, 0.3) is 0 Å². The van der Waals surface area contributed by atoms with E-state index < -0.39 is 5.91 Å².